The van der Waals surface area contributed by atoms with E-state index in [-0.39, 0.29) is 11.5 Å². The maximum atomic E-state index is 13.1. The highest BCUT2D eigenvalue weighted by Crippen LogP contribution is 2.29. The van der Waals surface area contributed by atoms with Crippen LogP contribution in [0.2, 0.25) is 0 Å². The van der Waals surface area contributed by atoms with Crippen LogP contribution in [0.3, 0.4) is 0 Å². The van der Waals surface area contributed by atoms with Gasteiger partial charge in [0.1, 0.15) is 0 Å². The quantitative estimate of drug-likeness (QED) is 0.745. The van der Waals surface area contributed by atoms with Gasteiger partial charge < -0.3 is 4.90 Å². The molecule has 0 bridgehead atoms. The van der Waals surface area contributed by atoms with Gasteiger partial charge in [-0.1, -0.05) is 18.2 Å². The molecule has 0 aliphatic carbocycles. The first kappa shape index (κ1) is 13.8. The molecule has 6 nitrogen and oxygen atoms in total. The first-order chi connectivity index (χ1) is 11.1. The molecule has 23 heavy (non-hydrogen) atoms. The number of fused-ring (bicyclic) bond motifs is 2. The van der Waals surface area contributed by atoms with Gasteiger partial charge in [-0.05, 0) is 31.0 Å². The van der Waals surface area contributed by atoms with Crippen LogP contribution in [0.1, 0.15) is 21.6 Å². The summed E-state index contributed by atoms with van der Waals surface area (Å²) in [7, 11) is 1.72. The molecule has 0 atom stereocenters. The Hall–Kier alpha value is -2.89. The molecule has 3 heterocycles. The van der Waals surface area contributed by atoms with Crippen LogP contribution in [0.25, 0.3) is 11.0 Å². The fourth-order valence-corrected chi connectivity index (χ4v) is 3.25. The molecule has 0 unspecified atom stereocenters. The molecule has 6 heteroatoms. The lowest BCUT2D eigenvalue weighted by molar-refractivity contribution is 0.0990. The summed E-state index contributed by atoms with van der Waals surface area (Å²) >= 11 is 0. The van der Waals surface area contributed by atoms with E-state index in [1.807, 2.05) is 31.2 Å². The van der Waals surface area contributed by atoms with Crippen molar-refractivity contribution < 1.29 is 4.79 Å². The van der Waals surface area contributed by atoms with E-state index in [2.05, 4.69) is 10.1 Å². The van der Waals surface area contributed by atoms with Crippen molar-refractivity contribution >= 4 is 22.6 Å². The highest BCUT2D eigenvalue weighted by molar-refractivity contribution is 6.13. The van der Waals surface area contributed by atoms with Crippen LogP contribution in [-0.2, 0) is 13.5 Å². The van der Waals surface area contributed by atoms with E-state index >= 15 is 0 Å². The molecule has 0 saturated carbocycles. The standard InChI is InChI=1S/C17H16N4O2/c1-10-9-12(14-15(18-10)20(2)19-16(14)22)17(23)21-8-7-11-5-3-4-6-13(11)21/h3-6,9H,7-8H2,1-2H3,(H,19,22). The van der Waals surface area contributed by atoms with Gasteiger partial charge in [0.25, 0.3) is 11.5 Å². The van der Waals surface area contributed by atoms with Gasteiger partial charge >= 0.3 is 0 Å². The van der Waals surface area contributed by atoms with E-state index in [4.69, 9.17) is 0 Å². The fourth-order valence-electron chi connectivity index (χ4n) is 3.25. The third kappa shape index (κ3) is 1.98. The van der Waals surface area contributed by atoms with E-state index in [1.165, 1.54) is 0 Å². The minimum atomic E-state index is -0.286. The van der Waals surface area contributed by atoms with Crippen molar-refractivity contribution in [1.29, 1.82) is 0 Å². The second-order valence-corrected chi connectivity index (χ2v) is 5.85. The van der Waals surface area contributed by atoms with Crippen molar-refractivity contribution in [3.05, 3.63) is 57.5 Å². The van der Waals surface area contributed by atoms with Gasteiger partial charge in [0.05, 0.1) is 10.9 Å². The molecule has 3 aromatic rings. The SMILES string of the molecule is Cc1cc(C(=O)N2CCc3ccccc32)c2c(=O)[nH]n(C)c2n1. The average molecular weight is 308 g/mol. The number of aromatic nitrogens is 3. The monoisotopic (exact) mass is 308 g/mol. The summed E-state index contributed by atoms with van der Waals surface area (Å²) in [6.45, 7) is 2.46. The number of carbonyl (C=O) groups is 1. The van der Waals surface area contributed by atoms with Crippen LogP contribution in [0.15, 0.2) is 35.1 Å². The number of para-hydroxylation sites is 1. The largest absolute Gasteiger partial charge is 0.308 e. The molecule has 2 aromatic heterocycles. The Morgan fingerprint density at radius 3 is 2.91 bits per heavy atom. The van der Waals surface area contributed by atoms with E-state index in [1.54, 1.807) is 22.7 Å². The Morgan fingerprint density at radius 1 is 1.30 bits per heavy atom. The summed E-state index contributed by atoms with van der Waals surface area (Å²) in [4.78, 5) is 31.4. The molecule has 116 valence electrons. The number of hydrogen-bond donors (Lipinski definition) is 1. The molecule has 1 aliphatic rings. The molecule has 1 N–H and O–H groups in total. The number of H-pyrrole nitrogens is 1. The Balaban J connectivity index is 1.90. The molecular weight excluding hydrogens is 292 g/mol. The van der Waals surface area contributed by atoms with Gasteiger partial charge in [-0.15, -0.1) is 0 Å². The third-order valence-electron chi connectivity index (χ3n) is 4.31. The Kier molecular flexibility index (Phi) is 2.87. The van der Waals surface area contributed by atoms with Crippen LogP contribution in [0, 0.1) is 6.92 Å². The highest BCUT2D eigenvalue weighted by Gasteiger charge is 2.28. The number of rotatable bonds is 1. The lowest BCUT2D eigenvalue weighted by Crippen LogP contribution is -2.29. The summed E-state index contributed by atoms with van der Waals surface area (Å²) in [6.07, 6.45) is 0.834. The van der Waals surface area contributed by atoms with Gasteiger partial charge in [0.2, 0.25) is 0 Å². The van der Waals surface area contributed by atoms with E-state index in [0.717, 1.165) is 17.7 Å². The van der Waals surface area contributed by atoms with E-state index in [9.17, 15) is 9.59 Å². The molecule has 0 saturated heterocycles. The van der Waals surface area contributed by atoms with Crippen LogP contribution < -0.4 is 10.5 Å². The van der Waals surface area contributed by atoms with Gasteiger partial charge in [0.15, 0.2) is 5.65 Å². The lowest BCUT2D eigenvalue weighted by Gasteiger charge is -2.17. The second-order valence-electron chi connectivity index (χ2n) is 5.85. The van der Waals surface area contributed by atoms with E-state index in [0.29, 0.717) is 28.8 Å². The number of anilines is 1. The van der Waals surface area contributed by atoms with Crippen LogP contribution >= 0.6 is 0 Å². The highest BCUT2D eigenvalue weighted by atomic mass is 16.2. The molecule has 1 aliphatic heterocycles. The van der Waals surface area contributed by atoms with Crippen molar-refractivity contribution in [1.82, 2.24) is 14.8 Å². The maximum Gasteiger partial charge on any atom is 0.274 e. The number of amides is 1. The minimum Gasteiger partial charge on any atom is -0.308 e. The third-order valence-corrected chi connectivity index (χ3v) is 4.31. The summed E-state index contributed by atoms with van der Waals surface area (Å²) in [5.74, 6) is -0.151. The van der Waals surface area contributed by atoms with Gasteiger partial charge in [-0.2, -0.15) is 0 Å². The van der Waals surface area contributed by atoms with Crippen molar-refractivity contribution in [3.63, 3.8) is 0 Å². The lowest BCUT2D eigenvalue weighted by atomic mass is 10.1. The molecule has 1 amide bonds. The van der Waals surface area contributed by atoms with Crippen molar-refractivity contribution in [2.24, 2.45) is 7.05 Å². The normalized spacial score (nSPS) is 13.6. The molecular formula is C17H16N4O2. The topological polar surface area (TPSA) is 71.0 Å². The fraction of sp³-hybridized carbons (Fsp3) is 0.235. The number of nitrogens with zero attached hydrogens (tertiary/aromatic N) is 3. The molecule has 1 aromatic carbocycles. The number of hydrogen-bond acceptors (Lipinski definition) is 3. The number of aromatic amines is 1. The maximum absolute atomic E-state index is 13.1. The first-order valence-corrected chi connectivity index (χ1v) is 7.52. The zero-order valence-corrected chi connectivity index (χ0v) is 13.0. The summed E-state index contributed by atoms with van der Waals surface area (Å²) in [5, 5.41) is 3.03. The number of benzene rings is 1. The predicted octanol–water partition coefficient (Wildman–Crippen LogP) is 1.77. The Bertz CT molecular complexity index is 999. The van der Waals surface area contributed by atoms with Crippen LogP contribution in [0.4, 0.5) is 5.69 Å². The minimum absolute atomic E-state index is 0.151. The van der Waals surface area contributed by atoms with Crippen LogP contribution in [-0.4, -0.2) is 27.2 Å². The van der Waals surface area contributed by atoms with E-state index < -0.39 is 0 Å². The Morgan fingerprint density at radius 2 is 2.09 bits per heavy atom. The zero-order valence-electron chi connectivity index (χ0n) is 13.0. The number of nitrogens with one attached hydrogen (secondary N) is 1. The van der Waals surface area contributed by atoms with Gasteiger partial charge in [-0.3, -0.25) is 19.4 Å². The zero-order chi connectivity index (χ0) is 16.1. The number of aryl methyl sites for hydroxylation is 2. The Labute approximate surface area is 132 Å². The molecule has 0 spiro atoms. The van der Waals surface area contributed by atoms with Gasteiger partial charge in [-0.25, -0.2) is 4.98 Å². The molecule has 0 radical (unpaired) electrons. The van der Waals surface area contributed by atoms with Crippen molar-refractivity contribution in [3.8, 4) is 0 Å². The molecule has 0 fully saturated rings. The average Bonchev–Trinajstić information content (AvgIpc) is 3.08. The van der Waals surface area contributed by atoms with Crippen molar-refractivity contribution in [2.45, 2.75) is 13.3 Å². The second kappa shape index (κ2) is 4.81. The van der Waals surface area contributed by atoms with Gasteiger partial charge in [0, 0.05) is 25.0 Å². The smallest absolute Gasteiger partial charge is 0.274 e. The number of pyridine rings is 1. The summed E-state index contributed by atoms with van der Waals surface area (Å²) in [6, 6.07) is 9.57. The van der Waals surface area contributed by atoms with Crippen molar-refractivity contribution in [2.75, 3.05) is 11.4 Å². The first-order valence-electron chi connectivity index (χ1n) is 7.52. The number of carbonyl (C=O) groups excluding carboxylic acids is 1. The summed E-state index contributed by atoms with van der Waals surface area (Å²) in [5.41, 5.74) is 3.42. The summed E-state index contributed by atoms with van der Waals surface area (Å²) < 4.78 is 1.55. The molecule has 4 rings (SSSR count). The predicted molar refractivity (Wildman–Crippen MR) is 87.9 cm³/mol. The van der Waals surface area contributed by atoms with Crippen LogP contribution in [0.5, 0.6) is 0 Å².